The number of anilines is 1. The molecular weight excluding hydrogens is 368 g/mol. The number of ether oxygens (including phenoxy) is 1. The largest absolute Gasteiger partial charge is 0.451 e. The highest BCUT2D eigenvalue weighted by molar-refractivity contribution is 5.95. The second-order valence-corrected chi connectivity index (χ2v) is 7.39. The normalized spacial score (nSPS) is 12.7. The molecule has 0 aliphatic carbocycles. The molecule has 2 N–H and O–H groups in total. The Labute approximate surface area is 171 Å². The van der Waals surface area contributed by atoms with Crippen molar-refractivity contribution in [2.24, 2.45) is 5.92 Å². The zero-order valence-electron chi connectivity index (χ0n) is 17.3. The molecule has 154 valence electrons. The number of esters is 1. The van der Waals surface area contributed by atoms with Gasteiger partial charge in [-0.1, -0.05) is 56.3 Å². The lowest BCUT2D eigenvalue weighted by molar-refractivity contribution is -0.157. The molecule has 0 unspecified atom stereocenters. The van der Waals surface area contributed by atoms with Crippen molar-refractivity contribution >= 4 is 23.5 Å². The predicted octanol–water partition coefficient (Wildman–Crippen LogP) is 3.25. The van der Waals surface area contributed by atoms with Crippen LogP contribution < -0.4 is 10.6 Å². The summed E-state index contributed by atoms with van der Waals surface area (Å²) in [4.78, 5) is 37.2. The summed E-state index contributed by atoms with van der Waals surface area (Å²) in [6, 6.07) is 15.8. The van der Waals surface area contributed by atoms with Gasteiger partial charge in [0.25, 0.3) is 5.91 Å². The van der Waals surface area contributed by atoms with E-state index in [0.29, 0.717) is 5.69 Å². The van der Waals surface area contributed by atoms with E-state index in [1.165, 1.54) is 6.92 Å². The fourth-order valence-electron chi connectivity index (χ4n) is 2.77. The minimum atomic E-state index is -0.990. The first-order valence-electron chi connectivity index (χ1n) is 9.67. The van der Waals surface area contributed by atoms with Gasteiger partial charge in [-0.3, -0.25) is 9.59 Å². The van der Waals surface area contributed by atoms with Crippen molar-refractivity contribution in [2.45, 2.75) is 46.3 Å². The fourth-order valence-corrected chi connectivity index (χ4v) is 2.77. The van der Waals surface area contributed by atoms with Gasteiger partial charge < -0.3 is 15.4 Å². The number of carbonyl (C=O) groups is 3. The summed E-state index contributed by atoms with van der Waals surface area (Å²) in [5, 5.41) is 5.45. The highest BCUT2D eigenvalue weighted by Crippen LogP contribution is 2.12. The van der Waals surface area contributed by atoms with Crippen LogP contribution in [0.1, 0.15) is 31.9 Å². The summed E-state index contributed by atoms with van der Waals surface area (Å²) in [6.45, 7) is 7.05. The van der Waals surface area contributed by atoms with E-state index in [0.717, 1.165) is 11.1 Å². The van der Waals surface area contributed by atoms with E-state index in [1.54, 1.807) is 6.07 Å². The third-order valence-electron chi connectivity index (χ3n) is 4.39. The molecule has 0 bridgehead atoms. The van der Waals surface area contributed by atoms with E-state index < -0.39 is 24.0 Å². The average Bonchev–Trinajstić information content (AvgIpc) is 2.66. The van der Waals surface area contributed by atoms with Crippen molar-refractivity contribution in [3.05, 3.63) is 65.7 Å². The molecule has 0 aliphatic heterocycles. The average molecular weight is 396 g/mol. The molecule has 2 rings (SSSR count). The molecule has 0 aliphatic rings. The lowest BCUT2D eigenvalue weighted by atomic mass is 10.0. The summed E-state index contributed by atoms with van der Waals surface area (Å²) in [5.74, 6) is -1.52. The molecule has 0 spiro atoms. The minimum absolute atomic E-state index is 0.167. The number of rotatable bonds is 8. The third-order valence-corrected chi connectivity index (χ3v) is 4.39. The Bertz CT molecular complexity index is 849. The zero-order valence-corrected chi connectivity index (χ0v) is 17.3. The van der Waals surface area contributed by atoms with Crippen LogP contribution in [0.3, 0.4) is 0 Å². The Balaban J connectivity index is 1.93. The Morgan fingerprint density at radius 1 is 0.966 bits per heavy atom. The molecule has 0 saturated carbocycles. The van der Waals surface area contributed by atoms with Gasteiger partial charge in [0.15, 0.2) is 6.10 Å². The van der Waals surface area contributed by atoms with E-state index in [2.05, 4.69) is 10.6 Å². The number of nitrogens with one attached hydrogen (secondary N) is 2. The second kappa shape index (κ2) is 10.4. The van der Waals surface area contributed by atoms with E-state index in [9.17, 15) is 14.4 Å². The van der Waals surface area contributed by atoms with Gasteiger partial charge in [0.1, 0.15) is 6.04 Å². The number of hydrogen-bond donors (Lipinski definition) is 2. The molecule has 2 aromatic carbocycles. The van der Waals surface area contributed by atoms with Crippen molar-refractivity contribution in [1.82, 2.24) is 5.32 Å². The maximum Gasteiger partial charge on any atom is 0.329 e. The Kier molecular flexibility index (Phi) is 7.95. The smallest absolute Gasteiger partial charge is 0.329 e. The van der Waals surface area contributed by atoms with E-state index in [-0.39, 0.29) is 18.2 Å². The SMILES string of the molecule is Cc1cccc(NC(=O)[C@@H](C)OC(=O)[C@@H](NC(=O)Cc2ccccc2)C(C)C)c1. The van der Waals surface area contributed by atoms with Crippen LogP contribution in [-0.4, -0.2) is 29.9 Å². The maximum absolute atomic E-state index is 12.6. The first kappa shape index (κ1) is 22.1. The number of benzene rings is 2. The lowest BCUT2D eigenvalue weighted by Crippen LogP contribution is -2.47. The highest BCUT2D eigenvalue weighted by atomic mass is 16.5. The van der Waals surface area contributed by atoms with Gasteiger partial charge in [-0.25, -0.2) is 4.79 Å². The molecule has 0 radical (unpaired) electrons. The second-order valence-electron chi connectivity index (χ2n) is 7.39. The van der Waals surface area contributed by atoms with Crippen LogP contribution in [0.15, 0.2) is 54.6 Å². The van der Waals surface area contributed by atoms with Crippen LogP contribution in [0.2, 0.25) is 0 Å². The van der Waals surface area contributed by atoms with E-state index in [1.807, 2.05) is 69.3 Å². The molecule has 2 atom stereocenters. The minimum Gasteiger partial charge on any atom is -0.451 e. The number of aryl methyl sites for hydroxylation is 1. The molecular formula is C23H28N2O4. The summed E-state index contributed by atoms with van der Waals surface area (Å²) in [6.07, 6.45) is -0.823. The fraction of sp³-hybridized carbons (Fsp3) is 0.348. The first-order chi connectivity index (χ1) is 13.8. The summed E-state index contributed by atoms with van der Waals surface area (Å²) < 4.78 is 5.32. The summed E-state index contributed by atoms with van der Waals surface area (Å²) in [7, 11) is 0. The molecule has 2 amide bonds. The molecule has 6 heteroatoms. The number of carbonyl (C=O) groups excluding carboxylic acids is 3. The van der Waals surface area contributed by atoms with Gasteiger partial charge in [0, 0.05) is 5.69 Å². The molecule has 0 saturated heterocycles. The van der Waals surface area contributed by atoms with Gasteiger partial charge in [-0.15, -0.1) is 0 Å². The van der Waals surface area contributed by atoms with E-state index >= 15 is 0 Å². The van der Waals surface area contributed by atoms with Crippen LogP contribution in [0, 0.1) is 12.8 Å². The molecule has 0 heterocycles. The van der Waals surface area contributed by atoms with Crippen molar-refractivity contribution in [3.63, 3.8) is 0 Å². The van der Waals surface area contributed by atoms with Gasteiger partial charge in [0.2, 0.25) is 5.91 Å². The van der Waals surface area contributed by atoms with Crippen molar-refractivity contribution in [2.75, 3.05) is 5.32 Å². The quantitative estimate of drug-likeness (QED) is 0.671. The number of amides is 2. The predicted molar refractivity (Wildman–Crippen MR) is 112 cm³/mol. The van der Waals surface area contributed by atoms with Crippen LogP contribution >= 0.6 is 0 Å². The Morgan fingerprint density at radius 3 is 2.28 bits per heavy atom. The van der Waals surface area contributed by atoms with Crippen molar-refractivity contribution in [1.29, 1.82) is 0 Å². The van der Waals surface area contributed by atoms with Crippen LogP contribution in [0.25, 0.3) is 0 Å². The van der Waals surface area contributed by atoms with Gasteiger partial charge in [-0.2, -0.15) is 0 Å². The van der Waals surface area contributed by atoms with Crippen molar-refractivity contribution < 1.29 is 19.1 Å². The van der Waals surface area contributed by atoms with Gasteiger partial charge >= 0.3 is 5.97 Å². The topological polar surface area (TPSA) is 84.5 Å². The van der Waals surface area contributed by atoms with Gasteiger partial charge in [-0.05, 0) is 43.0 Å². The standard InChI is InChI=1S/C23H28N2O4/c1-15(2)21(25-20(26)14-18-10-6-5-7-11-18)23(28)29-17(4)22(27)24-19-12-8-9-16(3)13-19/h5-13,15,17,21H,14H2,1-4H3,(H,24,27)(H,25,26)/t17-,21+/m1/s1. The lowest BCUT2D eigenvalue weighted by Gasteiger charge is -2.23. The number of hydrogen-bond acceptors (Lipinski definition) is 4. The molecule has 0 fully saturated rings. The summed E-state index contributed by atoms with van der Waals surface area (Å²) >= 11 is 0. The molecule has 2 aromatic rings. The van der Waals surface area contributed by atoms with Crippen LogP contribution in [-0.2, 0) is 25.5 Å². The highest BCUT2D eigenvalue weighted by Gasteiger charge is 2.29. The third kappa shape index (κ3) is 7.07. The van der Waals surface area contributed by atoms with Crippen LogP contribution in [0.5, 0.6) is 0 Å². The molecule has 29 heavy (non-hydrogen) atoms. The monoisotopic (exact) mass is 396 g/mol. The maximum atomic E-state index is 12.6. The Morgan fingerprint density at radius 2 is 1.66 bits per heavy atom. The van der Waals surface area contributed by atoms with E-state index in [4.69, 9.17) is 4.74 Å². The van der Waals surface area contributed by atoms with Crippen molar-refractivity contribution in [3.8, 4) is 0 Å². The first-order valence-corrected chi connectivity index (χ1v) is 9.67. The molecule has 6 nitrogen and oxygen atoms in total. The Hall–Kier alpha value is -3.15. The van der Waals surface area contributed by atoms with Crippen LogP contribution in [0.4, 0.5) is 5.69 Å². The molecule has 0 aromatic heterocycles. The summed E-state index contributed by atoms with van der Waals surface area (Å²) in [5.41, 5.74) is 2.50. The zero-order chi connectivity index (χ0) is 21.4. The van der Waals surface area contributed by atoms with Gasteiger partial charge in [0.05, 0.1) is 6.42 Å².